The Bertz CT molecular complexity index is 897. The van der Waals surface area contributed by atoms with Gasteiger partial charge in [0.1, 0.15) is 6.61 Å². The average molecular weight is 416 g/mol. The van der Waals surface area contributed by atoms with E-state index in [0.717, 1.165) is 35.7 Å². The minimum absolute atomic E-state index is 0.398. The fraction of sp³-hybridized carbons (Fsp3) is 0.217. The minimum Gasteiger partial charge on any atom is -0.493 e. The van der Waals surface area contributed by atoms with Gasteiger partial charge >= 0.3 is 0 Å². The maximum atomic E-state index is 6.19. The fourth-order valence-corrected chi connectivity index (χ4v) is 3.14. The summed E-state index contributed by atoms with van der Waals surface area (Å²) in [6.45, 7) is 2.04. The molecule has 146 valence electrons. The molecule has 1 N–H and O–H groups in total. The summed E-state index contributed by atoms with van der Waals surface area (Å²) in [5.41, 5.74) is 3.34. The molecule has 0 aromatic heterocycles. The van der Waals surface area contributed by atoms with Crippen LogP contribution in [0.15, 0.2) is 66.7 Å². The summed E-state index contributed by atoms with van der Waals surface area (Å²) in [7, 11) is 1.65. The first-order chi connectivity index (χ1) is 13.7. The van der Waals surface area contributed by atoms with Crippen molar-refractivity contribution >= 4 is 23.2 Å². The number of rotatable bonds is 9. The van der Waals surface area contributed by atoms with Crippen molar-refractivity contribution in [2.75, 3.05) is 13.7 Å². The van der Waals surface area contributed by atoms with Crippen molar-refractivity contribution in [1.29, 1.82) is 0 Å². The molecule has 0 saturated carbocycles. The first kappa shape index (κ1) is 20.5. The van der Waals surface area contributed by atoms with Crippen LogP contribution in [0.25, 0.3) is 0 Å². The van der Waals surface area contributed by atoms with Crippen LogP contribution in [0.5, 0.6) is 11.5 Å². The number of nitrogens with one attached hydrogen (secondary N) is 1. The van der Waals surface area contributed by atoms with Gasteiger partial charge in [0.05, 0.1) is 7.11 Å². The third-order valence-electron chi connectivity index (χ3n) is 4.40. The number of benzene rings is 3. The van der Waals surface area contributed by atoms with Gasteiger partial charge in [-0.3, -0.25) is 0 Å². The van der Waals surface area contributed by atoms with Crippen molar-refractivity contribution in [1.82, 2.24) is 5.32 Å². The van der Waals surface area contributed by atoms with Crippen molar-refractivity contribution in [3.05, 3.63) is 93.5 Å². The van der Waals surface area contributed by atoms with Gasteiger partial charge in [-0.25, -0.2) is 0 Å². The van der Waals surface area contributed by atoms with E-state index in [1.807, 2.05) is 54.6 Å². The largest absolute Gasteiger partial charge is 0.493 e. The molecule has 0 fully saturated rings. The van der Waals surface area contributed by atoms with Crippen molar-refractivity contribution < 1.29 is 9.47 Å². The SMILES string of the molecule is COc1cc(CNCCc2ccc(Cl)cc2)ccc1OCc1ccccc1Cl. The molecule has 3 rings (SSSR count). The monoisotopic (exact) mass is 415 g/mol. The molecule has 3 aromatic carbocycles. The van der Waals surface area contributed by atoms with E-state index in [1.165, 1.54) is 5.56 Å². The maximum Gasteiger partial charge on any atom is 0.161 e. The van der Waals surface area contributed by atoms with Gasteiger partial charge in [0.2, 0.25) is 0 Å². The molecule has 0 heterocycles. The lowest BCUT2D eigenvalue weighted by molar-refractivity contribution is 0.284. The summed E-state index contributed by atoms with van der Waals surface area (Å²) in [5.74, 6) is 1.41. The predicted molar refractivity (Wildman–Crippen MR) is 116 cm³/mol. The van der Waals surface area contributed by atoms with E-state index in [9.17, 15) is 0 Å². The smallest absolute Gasteiger partial charge is 0.161 e. The quantitative estimate of drug-likeness (QED) is 0.440. The van der Waals surface area contributed by atoms with Gasteiger partial charge in [0, 0.05) is 22.2 Å². The van der Waals surface area contributed by atoms with Crippen LogP contribution in [-0.4, -0.2) is 13.7 Å². The van der Waals surface area contributed by atoms with E-state index in [2.05, 4.69) is 17.4 Å². The summed E-state index contributed by atoms with van der Waals surface area (Å²) in [4.78, 5) is 0. The Morgan fingerprint density at radius 3 is 2.36 bits per heavy atom. The second kappa shape index (κ2) is 10.4. The number of ether oxygens (including phenoxy) is 2. The summed E-state index contributed by atoms with van der Waals surface area (Å²) < 4.78 is 11.4. The van der Waals surface area contributed by atoms with Crippen LogP contribution in [0.4, 0.5) is 0 Å². The van der Waals surface area contributed by atoms with E-state index in [4.69, 9.17) is 32.7 Å². The van der Waals surface area contributed by atoms with E-state index in [0.29, 0.717) is 23.1 Å². The zero-order valence-corrected chi connectivity index (χ0v) is 17.3. The molecule has 0 aliphatic rings. The zero-order valence-electron chi connectivity index (χ0n) is 15.8. The third-order valence-corrected chi connectivity index (χ3v) is 5.02. The molecule has 3 aromatic rings. The van der Waals surface area contributed by atoms with Gasteiger partial charge in [-0.05, 0) is 54.4 Å². The molecule has 0 spiro atoms. The van der Waals surface area contributed by atoms with Gasteiger partial charge < -0.3 is 14.8 Å². The van der Waals surface area contributed by atoms with Crippen molar-refractivity contribution in [2.45, 2.75) is 19.6 Å². The van der Waals surface area contributed by atoms with Gasteiger partial charge in [0.15, 0.2) is 11.5 Å². The summed E-state index contributed by atoms with van der Waals surface area (Å²) in [6, 6.07) is 21.6. The lowest BCUT2D eigenvalue weighted by atomic mass is 10.1. The molecule has 0 amide bonds. The van der Waals surface area contributed by atoms with Crippen molar-refractivity contribution in [3.63, 3.8) is 0 Å². The Kier molecular flexibility index (Phi) is 7.61. The third kappa shape index (κ3) is 5.90. The lowest BCUT2D eigenvalue weighted by Crippen LogP contribution is -2.16. The second-order valence-electron chi connectivity index (χ2n) is 6.42. The number of hydrogen-bond acceptors (Lipinski definition) is 3. The normalized spacial score (nSPS) is 10.7. The Morgan fingerprint density at radius 1 is 0.857 bits per heavy atom. The van der Waals surface area contributed by atoms with E-state index < -0.39 is 0 Å². The van der Waals surface area contributed by atoms with Gasteiger partial charge in [-0.1, -0.05) is 59.6 Å². The standard InChI is InChI=1S/C23H23Cl2NO2/c1-27-23-14-18(15-26-13-12-17-6-9-20(24)10-7-17)8-11-22(23)28-16-19-4-2-3-5-21(19)25/h2-11,14,26H,12-13,15-16H2,1H3. The highest BCUT2D eigenvalue weighted by atomic mass is 35.5. The van der Waals surface area contributed by atoms with E-state index in [1.54, 1.807) is 7.11 Å². The highest BCUT2D eigenvalue weighted by Crippen LogP contribution is 2.29. The van der Waals surface area contributed by atoms with Crippen LogP contribution in [0, 0.1) is 0 Å². The molecular weight excluding hydrogens is 393 g/mol. The molecule has 0 saturated heterocycles. The van der Waals surface area contributed by atoms with Gasteiger partial charge in [0.25, 0.3) is 0 Å². The molecular formula is C23H23Cl2NO2. The van der Waals surface area contributed by atoms with Crippen LogP contribution >= 0.6 is 23.2 Å². The second-order valence-corrected chi connectivity index (χ2v) is 7.26. The number of methoxy groups -OCH3 is 1. The molecule has 3 nitrogen and oxygen atoms in total. The van der Waals surface area contributed by atoms with E-state index >= 15 is 0 Å². The highest BCUT2D eigenvalue weighted by Gasteiger charge is 2.07. The number of hydrogen-bond donors (Lipinski definition) is 1. The van der Waals surface area contributed by atoms with Crippen LogP contribution in [0.1, 0.15) is 16.7 Å². The molecule has 5 heteroatoms. The van der Waals surface area contributed by atoms with Crippen LogP contribution in [0.3, 0.4) is 0 Å². The Hall–Kier alpha value is -2.20. The Labute approximate surface area is 176 Å². The van der Waals surface area contributed by atoms with E-state index in [-0.39, 0.29) is 0 Å². The molecule has 0 bridgehead atoms. The van der Waals surface area contributed by atoms with Crippen molar-refractivity contribution in [2.24, 2.45) is 0 Å². The predicted octanol–water partition coefficient (Wildman–Crippen LogP) is 5.91. The summed E-state index contributed by atoms with van der Waals surface area (Å²) >= 11 is 12.1. The topological polar surface area (TPSA) is 30.5 Å². The molecule has 28 heavy (non-hydrogen) atoms. The maximum absolute atomic E-state index is 6.19. The van der Waals surface area contributed by atoms with Gasteiger partial charge in [-0.2, -0.15) is 0 Å². The fourth-order valence-electron chi connectivity index (χ4n) is 2.83. The highest BCUT2D eigenvalue weighted by molar-refractivity contribution is 6.31. The Morgan fingerprint density at radius 2 is 1.61 bits per heavy atom. The molecule has 0 atom stereocenters. The first-order valence-corrected chi connectivity index (χ1v) is 9.89. The van der Waals surface area contributed by atoms with Crippen LogP contribution in [-0.2, 0) is 19.6 Å². The lowest BCUT2D eigenvalue weighted by Gasteiger charge is -2.13. The average Bonchev–Trinajstić information content (AvgIpc) is 2.72. The molecule has 0 unspecified atom stereocenters. The van der Waals surface area contributed by atoms with Crippen LogP contribution in [0.2, 0.25) is 10.0 Å². The van der Waals surface area contributed by atoms with Crippen molar-refractivity contribution in [3.8, 4) is 11.5 Å². The minimum atomic E-state index is 0.398. The summed E-state index contributed by atoms with van der Waals surface area (Å²) in [6.07, 6.45) is 0.952. The first-order valence-electron chi connectivity index (χ1n) is 9.14. The molecule has 0 aliphatic heterocycles. The number of halogens is 2. The molecule has 0 aliphatic carbocycles. The Balaban J connectivity index is 1.52. The molecule has 0 radical (unpaired) electrons. The summed E-state index contributed by atoms with van der Waals surface area (Å²) in [5, 5.41) is 4.92. The van der Waals surface area contributed by atoms with Crippen LogP contribution < -0.4 is 14.8 Å². The zero-order chi connectivity index (χ0) is 19.8. The van der Waals surface area contributed by atoms with Gasteiger partial charge in [-0.15, -0.1) is 0 Å².